The van der Waals surface area contributed by atoms with Gasteiger partial charge in [0.05, 0.1) is 21.8 Å². The number of piperazine rings is 1. The Morgan fingerprint density at radius 3 is 2.50 bits per heavy atom. The summed E-state index contributed by atoms with van der Waals surface area (Å²) >= 11 is 0. The van der Waals surface area contributed by atoms with Crippen LogP contribution in [0.25, 0.3) is 22.5 Å². The molecular formula is C23H20F3N5O4S. The van der Waals surface area contributed by atoms with Crippen LogP contribution >= 0.6 is 0 Å². The lowest BCUT2D eigenvalue weighted by Crippen LogP contribution is -2.45. The van der Waals surface area contributed by atoms with Crippen LogP contribution in [0, 0.1) is 11.3 Å². The maximum absolute atomic E-state index is 13.1. The van der Waals surface area contributed by atoms with Gasteiger partial charge in [0.1, 0.15) is 6.07 Å². The van der Waals surface area contributed by atoms with E-state index in [0.29, 0.717) is 43.0 Å². The van der Waals surface area contributed by atoms with Gasteiger partial charge in [0.25, 0.3) is 0 Å². The largest absolute Gasteiger partial charge is 0.493 e. The summed E-state index contributed by atoms with van der Waals surface area (Å²) in [7, 11) is -3.49. The maximum Gasteiger partial charge on any atom is 0.493 e. The summed E-state index contributed by atoms with van der Waals surface area (Å²) in [5.41, 5.74) is 1.14. The highest BCUT2D eigenvalue weighted by Crippen LogP contribution is 2.33. The lowest BCUT2D eigenvalue weighted by molar-refractivity contribution is -0.199. The molecule has 188 valence electrons. The first-order valence-electron chi connectivity index (χ1n) is 10.7. The van der Waals surface area contributed by atoms with Crippen molar-refractivity contribution >= 4 is 21.6 Å². The summed E-state index contributed by atoms with van der Waals surface area (Å²) in [6, 6.07) is 12.3. The lowest BCUT2D eigenvalue weighted by atomic mass is 10.1. The van der Waals surface area contributed by atoms with Gasteiger partial charge in [0.2, 0.25) is 0 Å². The second-order valence-electron chi connectivity index (χ2n) is 8.02. The number of anilines is 1. The van der Waals surface area contributed by atoms with Gasteiger partial charge in [-0.05, 0) is 30.3 Å². The molecule has 3 aromatic rings. The van der Waals surface area contributed by atoms with E-state index in [-0.39, 0.29) is 22.0 Å². The fourth-order valence-electron chi connectivity index (χ4n) is 3.80. The van der Waals surface area contributed by atoms with Crippen molar-refractivity contribution in [2.45, 2.75) is 11.1 Å². The maximum atomic E-state index is 13.1. The molecule has 36 heavy (non-hydrogen) atoms. The molecule has 1 aliphatic heterocycles. The van der Waals surface area contributed by atoms with Crippen molar-refractivity contribution in [2.24, 2.45) is 0 Å². The third-order valence-electron chi connectivity index (χ3n) is 5.49. The minimum atomic E-state index is -5.26. The Morgan fingerprint density at radius 2 is 1.86 bits per heavy atom. The fraction of sp³-hybridized carbons (Fsp3) is 0.261. The summed E-state index contributed by atoms with van der Waals surface area (Å²) in [6.45, 7) is 1.80. The summed E-state index contributed by atoms with van der Waals surface area (Å²) in [5, 5.41) is 12.8. The SMILES string of the molecule is CS(=O)(=O)c1cccc(-c2cc(-c3cc(C#N)c(N4CCNCC4)n3OC(=O)C(F)(F)F)ccn2)c1. The second-order valence-corrected chi connectivity index (χ2v) is 10.0. The molecule has 0 spiro atoms. The van der Waals surface area contributed by atoms with E-state index in [9.17, 15) is 31.6 Å². The van der Waals surface area contributed by atoms with Crippen LogP contribution in [0.4, 0.5) is 19.0 Å². The normalized spacial score (nSPS) is 14.4. The number of carbonyl (C=O) groups is 1. The number of rotatable bonds is 5. The van der Waals surface area contributed by atoms with Crippen LogP contribution in [0.2, 0.25) is 0 Å². The topological polar surface area (TPSA) is 117 Å². The van der Waals surface area contributed by atoms with Crippen molar-refractivity contribution in [3.8, 4) is 28.6 Å². The van der Waals surface area contributed by atoms with E-state index >= 15 is 0 Å². The Kier molecular flexibility index (Phi) is 6.75. The van der Waals surface area contributed by atoms with E-state index in [4.69, 9.17) is 4.84 Å². The molecule has 0 aliphatic carbocycles. The highest BCUT2D eigenvalue weighted by atomic mass is 32.2. The standard InChI is InChI=1S/C23H20F3N5O4S/c1-36(33,34)18-4-2-3-15(11-18)19-12-16(5-6-29-19)20-13-17(14-27)21(30-9-7-28-8-10-30)31(20)35-22(32)23(24,25)26/h2-6,11-13,28H,7-10H2,1H3. The molecule has 13 heteroatoms. The van der Waals surface area contributed by atoms with E-state index in [0.717, 1.165) is 11.0 Å². The Balaban J connectivity index is 1.86. The van der Waals surface area contributed by atoms with Crippen molar-refractivity contribution in [1.82, 2.24) is 15.0 Å². The quantitative estimate of drug-likeness (QED) is 0.546. The van der Waals surface area contributed by atoms with Crippen LogP contribution in [-0.4, -0.2) is 62.7 Å². The van der Waals surface area contributed by atoms with Crippen molar-refractivity contribution in [2.75, 3.05) is 37.3 Å². The summed E-state index contributed by atoms with van der Waals surface area (Å²) in [5.74, 6) is -2.40. The van der Waals surface area contributed by atoms with Gasteiger partial charge in [0, 0.05) is 49.8 Å². The van der Waals surface area contributed by atoms with Gasteiger partial charge in [-0.15, -0.1) is 0 Å². The molecule has 1 fully saturated rings. The Labute approximate surface area is 204 Å². The fourth-order valence-corrected chi connectivity index (χ4v) is 4.47. The minimum absolute atomic E-state index is 0.0271. The van der Waals surface area contributed by atoms with Gasteiger partial charge in [-0.25, -0.2) is 13.2 Å². The number of sulfone groups is 1. The number of pyridine rings is 1. The number of carbonyl (C=O) groups excluding carboxylic acids is 1. The molecule has 1 N–H and O–H groups in total. The second kappa shape index (κ2) is 9.63. The molecule has 4 rings (SSSR count). The summed E-state index contributed by atoms with van der Waals surface area (Å²) < 4.78 is 64.0. The third-order valence-corrected chi connectivity index (χ3v) is 6.60. The van der Waals surface area contributed by atoms with Gasteiger partial charge in [-0.2, -0.15) is 23.2 Å². The van der Waals surface area contributed by atoms with E-state index in [1.165, 1.54) is 36.5 Å². The van der Waals surface area contributed by atoms with Crippen molar-refractivity contribution in [3.05, 3.63) is 54.2 Å². The van der Waals surface area contributed by atoms with Gasteiger partial charge in [-0.3, -0.25) is 4.98 Å². The molecule has 0 amide bonds. The number of nitriles is 1. The minimum Gasteiger partial charge on any atom is -0.352 e. The summed E-state index contributed by atoms with van der Waals surface area (Å²) in [4.78, 5) is 22.6. The zero-order valence-electron chi connectivity index (χ0n) is 18.9. The van der Waals surface area contributed by atoms with Crippen LogP contribution < -0.4 is 15.1 Å². The molecule has 1 aliphatic rings. The van der Waals surface area contributed by atoms with Gasteiger partial charge in [0.15, 0.2) is 15.7 Å². The number of hydrogen-bond acceptors (Lipinski definition) is 8. The predicted molar refractivity (Wildman–Crippen MR) is 124 cm³/mol. The number of alkyl halides is 3. The molecule has 0 unspecified atom stereocenters. The first-order chi connectivity index (χ1) is 17.0. The highest BCUT2D eigenvalue weighted by molar-refractivity contribution is 7.90. The number of aromatic nitrogens is 2. The number of hydrogen-bond donors (Lipinski definition) is 1. The van der Waals surface area contributed by atoms with Gasteiger partial charge >= 0.3 is 12.1 Å². The smallest absolute Gasteiger partial charge is 0.352 e. The number of halogens is 3. The molecule has 0 saturated carbocycles. The zero-order valence-corrected chi connectivity index (χ0v) is 19.7. The van der Waals surface area contributed by atoms with E-state index in [2.05, 4.69) is 10.3 Å². The van der Waals surface area contributed by atoms with Crippen LogP contribution in [0.1, 0.15) is 5.56 Å². The molecule has 0 atom stereocenters. The van der Waals surface area contributed by atoms with Crippen LogP contribution in [0.3, 0.4) is 0 Å². The van der Waals surface area contributed by atoms with Crippen molar-refractivity contribution in [1.29, 1.82) is 5.26 Å². The Morgan fingerprint density at radius 1 is 1.14 bits per heavy atom. The Bertz CT molecular complexity index is 1460. The monoisotopic (exact) mass is 519 g/mol. The Hall–Kier alpha value is -3.89. The lowest BCUT2D eigenvalue weighted by Gasteiger charge is -2.30. The molecule has 3 heterocycles. The first kappa shape index (κ1) is 25.2. The molecule has 0 bridgehead atoms. The molecule has 1 saturated heterocycles. The van der Waals surface area contributed by atoms with Gasteiger partial charge < -0.3 is 15.1 Å². The number of nitrogens with one attached hydrogen (secondary N) is 1. The van der Waals surface area contributed by atoms with E-state index in [1.54, 1.807) is 17.0 Å². The zero-order chi connectivity index (χ0) is 26.1. The molecule has 0 radical (unpaired) electrons. The summed E-state index contributed by atoms with van der Waals surface area (Å²) in [6.07, 6.45) is -2.80. The number of nitrogens with zero attached hydrogens (tertiary/aromatic N) is 4. The van der Waals surface area contributed by atoms with Crippen molar-refractivity contribution in [3.63, 3.8) is 0 Å². The highest BCUT2D eigenvalue weighted by Gasteiger charge is 2.43. The van der Waals surface area contributed by atoms with Crippen molar-refractivity contribution < 1.29 is 31.2 Å². The molecule has 2 aromatic heterocycles. The van der Waals surface area contributed by atoms with Gasteiger partial charge in [-0.1, -0.05) is 12.1 Å². The first-order valence-corrected chi connectivity index (χ1v) is 12.6. The van der Waals surface area contributed by atoms with Crippen LogP contribution in [0.15, 0.2) is 53.6 Å². The third kappa shape index (κ3) is 5.19. The molecule has 9 nitrogen and oxygen atoms in total. The molecule has 1 aromatic carbocycles. The van der Waals surface area contributed by atoms with E-state index in [1.807, 2.05) is 6.07 Å². The van der Waals surface area contributed by atoms with Crippen LogP contribution in [0.5, 0.6) is 0 Å². The average molecular weight is 520 g/mol. The van der Waals surface area contributed by atoms with Crippen LogP contribution in [-0.2, 0) is 14.6 Å². The number of benzene rings is 1. The molecular weight excluding hydrogens is 499 g/mol. The predicted octanol–water partition coefficient (Wildman–Crippen LogP) is 2.42. The average Bonchev–Trinajstić information content (AvgIpc) is 3.22. The van der Waals surface area contributed by atoms with E-state index < -0.39 is 22.0 Å².